The molecule has 7 nitrogen and oxygen atoms in total. The van der Waals surface area contributed by atoms with E-state index in [0.717, 1.165) is 0 Å². The predicted octanol–water partition coefficient (Wildman–Crippen LogP) is 2.94. The topological polar surface area (TPSA) is 83.5 Å². The van der Waals surface area contributed by atoms with Crippen molar-refractivity contribution < 1.29 is 32.6 Å². The lowest BCUT2D eigenvalue weighted by Gasteiger charge is -2.45. The standard InChI is InChI=1S/C14H31O7PSi/c1-11-19-10-14(15,22(16,17-5)18-6)12(21-11)9-20-23(7,8)13(2,3)4/h11-12,15H,9-10H2,1-8H3/t11-,12+,14+/m1/s1. The molecular formula is C14H31O7PSi. The molecule has 0 aromatic heterocycles. The zero-order valence-corrected chi connectivity index (χ0v) is 17.3. The van der Waals surface area contributed by atoms with Crippen LogP contribution in [0, 0.1) is 0 Å². The van der Waals surface area contributed by atoms with Crippen molar-refractivity contribution >= 4 is 15.9 Å². The molecular weight excluding hydrogens is 339 g/mol. The average molecular weight is 370 g/mol. The molecule has 0 amide bonds. The molecule has 0 aromatic rings. The molecule has 3 atom stereocenters. The normalized spacial score (nSPS) is 30.5. The van der Waals surface area contributed by atoms with Crippen molar-refractivity contribution in [3.8, 4) is 0 Å². The van der Waals surface area contributed by atoms with Gasteiger partial charge in [-0.3, -0.25) is 4.57 Å². The van der Waals surface area contributed by atoms with Gasteiger partial charge in [-0.1, -0.05) is 20.8 Å². The summed E-state index contributed by atoms with van der Waals surface area (Å²) in [6, 6.07) is 0. The molecule has 138 valence electrons. The Labute approximate surface area is 140 Å². The number of hydrogen-bond acceptors (Lipinski definition) is 7. The van der Waals surface area contributed by atoms with E-state index in [0.29, 0.717) is 0 Å². The largest absolute Gasteiger partial charge is 0.414 e. The zero-order valence-electron chi connectivity index (χ0n) is 15.4. The molecule has 0 saturated carbocycles. The summed E-state index contributed by atoms with van der Waals surface area (Å²) < 4.78 is 39.8. The number of aliphatic hydroxyl groups is 1. The first-order valence-electron chi connectivity index (χ1n) is 7.68. The average Bonchev–Trinajstić information content (AvgIpc) is 2.46. The van der Waals surface area contributed by atoms with E-state index in [2.05, 4.69) is 33.9 Å². The summed E-state index contributed by atoms with van der Waals surface area (Å²) in [6.07, 6.45) is -1.41. The van der Waals surface area contributed by atoms with E-state index < -0.39 is 33.6 Å². The fourth-order valence-corrected chi connectivity index (χ4v) is 4.54. The van der Waals surface area contributed by atoms with Crippen LogP contribution in [0.5, 0.6) is 0 Å². The molecule has 23 heavy (non-hydrogen) atoms. The van der Waals surface area contributed by atoms with Crippen molar-refractivity contribution in [3.63, 3.8) is 0 Å². The van der Waals surface area contributed by atoms with E-state index in [1.807, 2.05) is 0 Å². The van der Waals surface area contributed by atoms with Crippen LogP contribution in [0.15, 0.2) is 0 Å². The highest BCUT2D eigenvalue weighted by molar-refractivity contribution is 7.55. The molecule has 0 aliphatic carbocycles. The first-order chi connectivity index (χ1) is 10.3. The van der Waals surface area contributed by atoms with Gasteiger partial charge in [-0.05, 0) is 25.1 Å². The van der Waals surface area contributed by atoms with Gasteiger partial charge in [0.05, 0.1) is 13.2 Å². The van der Waals surface area contributed by atoms with E-state index in [1.54, 1.807) is 6.92 Å². The molecule has 0 spiro atoms. The fourth-order valence-electron chi connectivity index (χ4n) is 2.03. The second-order valence-electron chi connectivity index (χ2n) is 7.32. The van der Waals surface area contributed by atoms with Crippen LogP contribution in [0.25, 0.3) is 0 Å². The lowest BCUT2D eigenvalue weighted by atomic mass is 10.2. The molecule has 1 N–H and O–H groups in total. The van der Waals surface area contributed by atoms with Gasteiger partial charge < -0.3 is 28.1 Å². The summed E-state index contributed by atoms with van der Waals surface area (Å²) in [5.74, 6) is 0. The van der Waals surface area contributed by atoms with Gasteiger partial charge in [-0.2, -0.15) is 0 Å². The Hall–Kier alpha value is 0.207. The number of rotatable bonds is 6. The highest BCUT2D eigenvalue weighted by Crippen LogP contribution is 2.60. The second kappa shape index (κ2) is 7.21. The minimum atomic E-state index is -3.83. The Morgan fingerprint density at radius 3 is 2.26 bits per heavy atom. The SMILES string of the molecule is COP(=O)(OC)[C@@]1(O)CO[C@@H](C)O[C@H]1CO[Si](C)(C)C(C)(C)C. The van der Waals surface area contributed by atoms with Gasteiger partial charge in [-0.15, -0.1) is 0 Å². The molecule has 1 saturated heterocycles. The maximum atomic E-state index is 12.8. The third kappa shape index (κ3) is 4.25. The Morgan fingerprint density at radius 2 is 1.83 bits per heavy atom. The molecule has 1 aliphatic rings. The van der Waals surface area contributed by atoms with Crippen molar-refractivity contribution in [2.45, 2.75) is 63.6 Å². The minimum Gasteiger partial charge on any atom is -0.414 e. The summed E-state index contributed by atoms with van der Waals surface area (Å²) >= 11 is 0. The van der Waals surface area contributed by atoms with Crippen molar-refractivity contribution in [2.75, 3.05) is 27.4 Å². The van der Waals surface area contributed by atoms with Gasteiger partial charge in [0.1, 0.15) is 6.10 Å². The maximum Gasteiger partial charge on any atom is 0.366 e. The van der Waals surface area contributed by atoms with Gasteiger partial charge in [0, 0.05) is 14.2 Å². The lowest BCUT2D eigenvalue weighted by molar-refractivity contribution is -0.267. The molecule has 1 rings (SSSR count). The van der Waals surface area contributed by atoms with Crippen molar-refractivity contribution in [1.82, 2.24) is 0 Å². The van der Waals surface area contributed by atoms with Crippen LogP contribution in [0.4, 0.5) is 0 Å². The molecule has 0 unspecified atom stereocenters. The number of hydrogen-bond donors (Lipinski definition) is 1. The van der Waals surface area contributed by atoms with Gasteiger partial charge in [0.2, 0.25) is 5.34 Å². The summed E-state index contributed by atoms with van der Waals surface area (Å²) in [7, 11) is -3.43. The molecule has 1 aliphatic heterocycles. The fraction of sp³-hybridized carbons (Fsp3) is 1.00. The third-order valence-electron chi connectivity index (χ3n) is 4.76. The van der Waals surface area contributed by atoms with Crippen LogP contribution in [0.3, 0.4) is 0 Å². The smallest absolute Gasteiger partial charge is 0.366 e. The second-order valence-corrected chi connectivity index (χ2v) is 14.6. The lowest BCUT2D eigenvalue weighted by Crippen LogP contribution is -2.57. The third-order valence-corrected chi connectivity index (χ3v) is 11.6. The van der Waals surface area contributed by atoms with Crippen molar-refractivity contribution in [1.29, 1.82) is 0 Å². The van der Waals surface area contributed by atoms with Gasteiger partial charge in [0.15, 0.2) is 14.6 Å². The Kier molecular flexibility index (Phi) is 6.67. The maximum absolute atomic E-state index is 12.8. The number of ether oxygens (including phenoxy) is 2. The van der Waals surface area contributed by atoms with Crippen LogP contribution in [-0.4, -0.2) is 58.6 Å². The quantitative estimate of drug-likeness (QED) is 0.568. The van der Waals surface area contributed by atoms with Crippen molar-refractivity contribution in [2.24, 2.45) is 0 Å². The first-order valence-corrected chi connectivity index (χ1v) is 12.1. The Morgan fingerprint density at radius 1 is 1.30 bits per heavy atom. The van der Waals surface area contributed by atoms with Gasteiger partial charge in [0.25, 0.3) is 0 Å². The highest BCUT2D eigenvalue weighted by Gasteiger charge is 2.59. The molecule has 0 bridgehead atoms. The van der Waals surface area contributed by atoms with Crippen LogP contribution in [0.1, 0.15) is 27.7 Å². The summed E-state index contributed by atoms with van der Waals surface area (Å²) in [5, 5.41) is 9.04. The van der Waals surface area contributed by atoms with Gasteiger partial charge >= 0.3 is 7.60 Å². The molecule has 0 radical (unpaired) electrons. The van der Waals surface area contributed by atoms with Crippen LogP contribution in [-0.2, 0) is 27.5 Å². The molecule has 1 heterocycles. The van der Waals surface area contributed by atoms with Crippen LogP contribution in [0.2, 0.25) is 18.1 Å². The minimum absolute atomic E-state index is 0.00804. The monoisotopic (exact) mass is 370 g/mol. The van der Waals surface area contributed by atoms with E-state index in [1.165, 1.54) is 14.2 Å². The molecule has 9 heteroatoms. The molecule has 0 aromatic carbocycles. The molecule has 1 fully saturated rings. The highest BCUT2D eigenvalue weighted by atomic mass is 31.2. The first kappa shape index (κ1) is 21.2. The summed E-state index contributed by atoms with van der Waals surface area (Å²) in [4.78, 5) is 0. The van der Waals surface area contributed by atoms with E-state index in [-0.39, 0.29) is 18.3 Å². The van der Waals surface area contributed by atoms with Crippen LogP contribution < -0.4 is 0 Å². The Balaban J connectivity index is 3.01. The Bertz CT molecular complexity index is 443. The van der Waals surface area contributed by atoms with Gasteiger partial charge in [-0.25, -0.2) is 0 Å². The van der Waals surface area contributed by atoms with E-state index in [9.17, 15) is 9.67 Å². The van der Waals surface area contributed by atoms with Crippen LogP contribution >= 0.6 is 7.60 Å². The van der Waals surface area contributed by atoms with E-state index in [4.69, 9.17) is 22.9 Å². The zero-order chi connectivity index (χ0) is 18.1. The van der Waals surface area contributed by atoms with E-state index >= 15 is 0 Å². The summed E-state index contributed by atoms with van der Waals surface area (Å²) in [6.45, 7) is 12.2. The summed E-state index contributed by atoms with van der Waals surface area (Å²) in [5.41, 5.74) is 0. The van der Waals surface area contributed by atoms with Crippen molar-refractivity contribution in [3.05, 3.63) is 0 Å². The predicted molar refractivity (Wildman–Crippen MR) is 90.0 cm³/mol.